The summed E-state index contributed by atoms with van der Waals surface area (Å²) < 4.78 is 8.47. The molecule has 0 amide bonds. The summed E-state index contributed by atoms with van der Waals surface area (Å²) in [6, 6.07) is 17.9. The van der Waals surface area contributed by atoms with E-state index in [0.717, 1.165) is 33.7 Å². The topological polar surface area (TPSA) is 64.9 Å². The Hall–Kier alpha value is -3.64. The highest BCUT2D eigenvalue weighted by Gasteiger charge is 2.41. The number of hydrogen-bond acceptors (Lipinski definition) is 5. The van der Waals surface area contributed by atoms with Crippen LogP contribution in [-0.4, -0.2) is 19.7 Å². The zero-order chi connectivity index (χ0) is 20.9. The lowest BCUT2D eigenvalue weighted by molar-refractivity contribution is 0.223. The van der Waals surface area contributed by atoms with Crippen LogP contribution in [0.25, 0.3) is 5.70 Å². The molecule has 0 bridgehead atoms. The van der Waals surface area contributed by atoms with Crippen molar-refractivity contribution in [2.45, 2.75) is 19.1 Å². The molecule has 2 aliphatic heterocycles. The Labute approximate surface area is 184 Å². The van der Waals surface area contributed by atoms with E-state index in [-0.39, 0.29) is 12.1 Å². The molecule has 31 heavy (non-hydrogen) atoms. The number of aromatic nitrogens is 4. The van der Waals surface area contributed by atoms with Gasteiger partial charge in [0.2, 0.25) is 5.95 Å². The largest absolute Gasteiger partial charge is 0.480 e. The van der Waals surface area contributed by atoms with E-state index >= 15 is 0 Å². The second-order valence-electron chi connectivity index (χ2n) is 7.72. The summed E-state index contributed by atoms with van der Waals surface area (Å²) in [5.74, 6) is 1.45. The number of hydrogen-bond donors (Lipinski definition) is 1. The first-order valence-electron chi connectivity index (χ1n) is 10.0. The molecule has 0 aliphatic carbocycles. The highest BCUT2D eigenvalue weighted by atomic mass is 35.5. The van der Waals surface area contributed by atoms with Crippen LogP contribution >= 0.6 is 11.6 Å². The first-order chi connectivity index (χ1) is 15.2. The zero-order valence-corrected chi connectivity index (χ0v) is 17.4. The van der Waals surface area contributed by atoms with Crippen LogP contribution in [0.2, 0.25) is 5.02 Å². The van der Waals surface area contributed by atoms with Gasteiger partial charge in [0, 0.05) is 28.6 Å². The second kappa shape index (κ2) is 6.96. The van der Waals surface area contributed by atoms with Gasteiger partial charge >= 0.3 is 0 Å². The number of anilines is 1. The fourth-order valence-corrected chi connectivity index (χ4v) is 4.49. The number of halogens is 1. The standard InChI is InChI=1S/C24H18ClN5O/c1-14-4-6-15(7-5-14)23-20-21(18-11-17(25)8-9-19(18)31-23)29-24-27-13-28-30(24)22(20)16-3-2-10-26-12-16/h2-13,22-23H,1H3,(H,27,28,29)/t22-,23-/m1/s1. The van der Waals surface area contributed by atoms with E-state index in [1.807, 2.05) is 35.1 Å². The van der Waals surface area contributed by atoms with E-state index in [4.69, 9.17) is 16.3 Å². The summed E-state index contributed by atoms with van der Waals surface area (Å²) in [6.07, 6.45) is 4.89. The maximum absolute atomic E-state index is 6.59. The number of nitrogens with one attached hydrogen (secondary N) is 1. The van der Waals surface area contributed by atoms with E-state index in [1.54, 1.807) is 12.5 Å². The first-order valence-corrected chi connectivity index (χ1v) is 10.4. The van der Waals surface area contributed by atoms with Gasteiger partial charge in [-0.1, -0.05) is 47.5 Å². The molecule has 0 unspecified atom stereocenters. The van der Waals surface area contributed by atoms with E-state index < -0.39 is 0 Å². The van der Waals surface area contributed by atoms with Crippen molar-refractivity contribution < 1.29 is 4.74 Å². The highest BCUT2D eigenvalue weighted by Crippen LogP contribution is 2.50. The molecule has 0 fully saturated rings. The Morgan fingerprint density at radius 1 is 1.06 bits per heavy atom. The van der Waals surface area contributed by atoms with Crippen LogP contribution in [0, 0.1) is 6.92 Å². The van der Waals surface area contributed by atoms with Gasteiger partial charge in [0.15, 0.2) is 0 Å². The van der Waals surface area contributed by atoms with E-state index in [2.05, 4.69) is 57.6 Å². The minimum Gasteiger partial charge on any atom is -0.480 e. The third-order valence-electron chi connectivity index (χ3n) is 5.76. The summed E-state index contributed by atoms with van der Waals surface area (Å²) in [5.41, 5.74) is 6.18. The summed E-state index contributed by atoms with van der Waals surface area (Å²) in [5, 5.41) is 8.65. The molecule has 152 valence electrons. The van der Waals surface area contributed by atoms with Gasteiger partial charge < -0.3 is 10.1 Å². The van der Waals surface area contributed by atoms with Crippen molar-refractivity contribution in [3.8, 4) is 5.75 Å². The summed E-state index contributed by atoms with van der Waals surface area (Å²) in [4.78, 5) is 8.80. The molecule has 2 aliphatic rings. The van der Waals surface area contributed by atoms with E-state index in [9.17, 15) is 0 Å². The number of fused-ring (bicyclic) bond motifs is 3. The summed E-state index contributed by atoms with van der Waals surface area (Å²) in [7, 11) is 0. The molecule has 7 heteroatoms. The fourth-order valence-electron chi connectivity index (χ4n) is 4.32. The summed E-state index contributed by atoms with van der Waals surface area (Å²) >= 11 is 6.36. The maximum Gasteiger partial charge on any atom is 0.226 e. The lowest BCUT2D eigenvalue weighted by Gasteiger charge is -2.38. The van der Waals surface area contributed by atoms with Crippen molar-refractivity contribution in [2.24, 2.45) is 0 Å². The molecule has 4 heterocycles. The highest BCUT2D eigenvalue weighted by molar-refractivity contribution is 6.30. The van der Waals surface area contributed by atoms with Crippen molar-refractivity contribution in [2.75, 3.05) is 5.32 Å². The number of benzene rings is 2. The SMILES string of the molecule is Cc1ccc([C@H]2Oc3ccc(Cl)cc3C3=C2[C@@H](c2cccnc2)n2ncnc2N3)cc1. The van der Waals surface area contributed by atoms with Crippen molar-refractivity contribution in [3.63, 3.8) is 0 Å². The van der Waals surface area contributed by atoms with Gasteiger partial charge in [-0.05, 0) is 42.3 Å². The normalized spacial score (nSPS) is 19.0. The molecular weight excluding hydrogens is 410 g/mol. The van der Waals surface area contributed by atoms with Crippen LogP contribution in [0.4, 0.5) is 5.95 Å². The molecule has 1 N–H and O–H groups in total. The van der Waals surface area contributed by atoms with Crippen LogP contribution in [0.15, 0.2) is 78.9 Å². The molecule has 0 spiro atoms. The number of aryl methyl sites for hydroxylation is 1. The molecule has 2 aromatic carbocycles. The van der Waals surface area contributed by atoms with Gasteiger partial charge in [-0.15, -0.1) is 0 Å². The molecule has 0 saturated heterocycles. The number of nitrogens with zero attached hydrogens (tertiary/aromatic N) is 4. The fraction of sp³-hybridized carbons (Fsp3) is 0.125. The number of rotatable bonds is 2. The van der Waals surface area contributed by atoms with Crippen LogP contribution in [0.1, 0.15) is 34.4 Å². The molecular formula is C24H18ClN5O. The van der Waals surface area contributed by atoms with Crippen molar-refractivity contribution >= 4 is 23.2 Å². The van der Waals surface area contributed by atoms with Crippen molar-refractivity contribution in [3.05, 3.63) is 106 Å². The number of ether oxygens (including phenoxy) is 1. The molecule has 2 aromatic heterocycles. The number of pyridine rings is 1. The first kappa shape index (κ1) is 18.2. The second-order valence-corrected chi connectivity index (χ2v) is 8.16. The summed E-state index contributed by atoms with van der Waals surface area (Å²) in [6.45, 7) is 2.08. The van der Waals surface area contributed by atoms with Gasteiger partial charge in [-0.25, -0.2) is 4.68 Å². The predicted molar refractivity (Wildman–Crippen MR) is 119 cm³/mol. The van der Waals surface area contributed by atoms with Crippen LogP contribution in [0.5, 0.6) is 5.75 Å². The van der Waals surface area contributed by atoms with Crippen LogP contribution < -0.4 is 10.1 Å². The Bertz CT molecular complexity index is 1310. The van der Waals surface area contributed by atoms with Gasteiger partial charge in [0.25, 0.3) is 0 Å². The average molecular weight is 428 g/mol. The van der Waals surface area contributed by atoms with Crippen LogP contribution in [-0.2, 0) is 0 Å². The Morgan fingerprint density at radius 3 is 2.74 bits per heavy atom. The Morgan fingerprint density at radius 2 is 1.94 bits per heavy atom. The lowest BCUT2D eigenvalue weighted by Crippen LogP contribution is -2.32. The zero-order valence-electron chi connectivity index (χ0n) is 16.7. The Kier molecular flexibility index (Phi) is 4.07. The minimum absolute atomic E-state index is 0.221. The molecule has 4 aromatic rings. The smallest absolute Gasteiger partial charge is 0.226 e. The maximum atomic E-state index is 6.59. The third-order valence-corrected chi connectivity index (χ3v) is 5.99. The van der Waals surface area contributed by atoms with Crippen LogP contribution in [0.3, 0.4) is 0 Å². The van der Waals surface area contributed by atoms with Crippen molar-refractivity contribution in [1.82, 2.24) is 19.7 Å². The van der Waals surface area contributed by atoms with Gasteiger partial charge in [0.05, 0.1) is 5.70 Å². The predicted octanol–water partition coefficient (Wildman–Crippen LogP) is 5.19. The van der Waals surface area contributed by atoms with Crippen molar-refractivity contribution in [1.29, 1.82) is 0 Å². The molecule has 6 rings (SSSR count). The molecule has 6 nitrogen and oxygen atoms in total. The third kappa shape index (κ3) is 2.91. The van der Waals surface area contributed by atoms with E-state index in [1.165, 1.54) is 5.56 Å². The minimum atomic E-state index is -0.306. The monoisotopic (exact) mass is 427 g/mol. The van der Waals surface area contributed by atoms with Gasteiger partial charge in [-0.2, -0.15) is 10.1 Å². The Balaban J connectivity index is 1.64. The van der Waals surface area contributed by atoms with E-state index in [0.29, 0.717) is 11.0 Å². The average Bonchev–Trinajstić information content (AvgIpc) is 3.27. The van der Waals surface area contributed by atoms with Gasteiger partial charge in [0.1, 0.15) is 24.2 Å². The molecule has 0 radical (unpaired) electrons. The van der Waals surface area contributed by atoms with Gasteiger partial charge in [-0.3, -0.25) is 4.98 Å². The molecule has 2 atom stereocenters. The molecule has 0 saturated carbocycles. The lowest BCUT2D eigenvalue weighted by atomic mass is 9.85. The quantitative estimate of drug-likeness (QED) is 0.476.